The van der Waals surface area contributed by atoms with E-state index in [0.29, 0.717) is 12.2 Å². The number of nitrogens with zero attached hydrogens (tertiary/aromatic N) is 4. The molecule has 5 rings (SSSR count). The molecular formula is C24H23FN4OS. The van der Waals surface area contributed by atoms with Crippen molar-refractivity contribution in [2.24, 2.45) is 0 Å². The van der Waals surface area contributed by atoms with E-state index in [1.165, 1.54) is 22.6 Å². The topological polar surface area (TPSA) is 54.2 Å². The van der Waals surface area contributed by atoms with Crippen LogP contribution in [0.5, 0.6) is 0 Å². The van der Waals surface area contributed by atoms with Gasteiger partial charge in [0.15, 0.2) is 0 Å². The third-order valence-corrected chi connectivity index (χ3v) is 6.75. The number of piperidine rings is 1. The zero-order chi connectivity index (χ0) is 21.2. The van der Waals surface area contributed by atoms with Crippen LogP contribution in [-0.2, 0) is 6.54 Å². The van der Waals surface area contributed by atoms with Crippen LogP contribution in [-0.4, -0.2) is 37.6 Å². The molecule has 0 bridgehead atoms. The number of benzene rings is 2. The molecule has 3 atom stereocenters. The maximum Gasteiger partial charge on any atom is 0.123 e. The highest BCUT2D eigenvalue weighted by atomic mass is 32.1. The van der Waals surface area contributed by atoms with Crippen molar-refractivity contribution in [3.05, 3.63) is 94.6 Å². The van der Waals surface area contributed by atoms with Crippen LogP contribution in [0.2, 0.25) is 0 Å². The quantitative estimate of drug-likeness (QED) is 0.495. The summed E-state index contributed by atoms with van der Waals surface area (Å²) in [5.41, 5.74) is 2.70. The lowest BCUT2D eigenvalue weighted by Gasteiger charge is -2.42. The van der Waals surface area contributed by atoms with Crippen molar-refractivity contribution in [3.8, 4) is 11.3 Å². The summed E-state index contributed by atoms with van der Waals surface area (Å²) in [6.45, 7) is 1.35. The minimum absolute atomic E-state index is 0.162. The first-order valence-corrected chi connectivity index (χ1v) is 11.2. The lowest BCUT2D eigenvalue weighted by Crippen LogP contribution is -2.46. The molecule has 0 amide bonds. The minimum Gasteiger partial charge on any atom is -0.390 e. The first-order chi connectivity index (χ1) is 15.2. The van der Waals surface area contributed by atoms with E-state index in [-0.39, 0.29) is 17.9 Å². The molecule has 0 unspecified atom stereocenters. The van der Waals surface area contributed by atoms with E-state index in [9.17, 15) is 9.50 Å². The molecule has 0 radical (unpaired) electrons. The fraction of sp³-hybridized carbons (Fsp3) is 0.250. The molecule has 0 spiro atoms. The molecular weight excluding hydrogens is 411 g/mol. The Labute approximate surface area is 184 Å². The zero-order valence-electron chi connectivity index (χ0n) is 16.9. The number of aliphatic hydroxyl groups is 1. The van der Waals surface area contributed by atoms with Crippen molar-refractivity contribution in [2.45, 2.75) is 31.2 Å². The molecule has 3 heterocycles. The van der Waals surface area contributed by atoms with Crippen LogP contribution < -0.4 is 0 Å². The van der Waals surface area contributed by atoms with Gasteiger partial charge in [-0.3, -0.25) is 4.90 Å². The first-order valence-electron chi connectivity index (χ1n) is 10.3. The Hall–Kier alpha value is -2.87. The number of aliphatic hydroxyl groups excluding tert-OH is 1. The van der Waals surface area contributed by atoms with Crippen molar-refractivity contribution in [1.29, 1.82) is 0 Å². The second-order valence-electron chi connectivity index (χ2n) is 7.90. The summed E-state index contributed by atoms with van der Waals surface area (Å²) in [6, 6.07) is 20.8. The van der Waals surface area contributed by atoms with E-state index in [2.05, 4.69) is 57.0 Å². The summed E-state index contributed by atoms with van der Waals surface area (Å²) in [7, 11) is 0. The Morgan fingerprint density at radius 3 is 2.58 bits per heavy atom. The van der Waals surface area contributed by atoms with Gasteiger partial charge < -0.3 is 5.11 Å². The molecule has 158 valence electrons. The van der Waals surface area contributed by atoms with Crippen molar-refractivity contribution < 1.29 is 9.50 Å². The van der Waals surface area contributed by atoms with Crippen LogP contribution in [0.3, 0.4) is 0 Å². The Balaban J connectivity index is 1.42. The van der Waals surface area contributed by atoms with Gasteiger partial charge in [-0.1, -0.05) is 41.6 Å². The first kappa shape index (κ1) is 20.1. The van der Waals surface area contributed by atoms with Crippen LogP contribution in [0.25, 0.3) is 11.3 Å². The molecule has 0 aliphatic carbocycles. The summed E-state index contributed by atoms with van der Waals surface area (Å²) in [4.78, 5) is 3.63. The van der Waals surface area contributed by atoms with E-state index >= 15 is 0 Å². The Morgan fingerprint density at radius 1 is 1.03 bits per heavy atom. The monoisotopic (exact) mass is 434 g/mol. The summed E-state index contributed by atoms with van der Waals surface area (Å²) in [5, 5.41) is 21.7. The van der Waals surface area contributed by atoms with E-state index in [1.807, 2.05) is 12.3 Å². The normalized spacial score (nSPS) is 21.9. The van der Waals surface area contributed by atoms with Crippen LogP contribution >= 0.6 is 11.3 Å². The molecule has 2 aromatic heterocycles. The minimum atomic E-state index is -0.567. The number of aromatic nitrogens is 3. The van der Waals surface area contributed by atoms with E-state index in [1.54, 1.807) is 28.2 Å². The maximum atomic E-state index is 13.2. The van der Waals surface area contributed by atoms with Gasteiger partial charge >= 0.3 is 0 Å². The number of thiophene rings is 1. The molecule has 0 saturated carbocycles. The predicted octanol–water partition coefficient (Wildman–Crippen LogP) is 4.69. The van der Waals surface area contributed by atoms with Crippen molar-refractivity contribution in [3.63, 3.8) is 0 Å². The zero-order valence-corrected chi connectivity index (χ0v) is 17.7. The highest BCUT2D eigenvalue weighted by Gasteiger charge is 2.37. The van der Waals surface area contributed by atoms with Crippen LogP contribution in [0.1, 0.15) is 28.9 Å². The predicted molar refractivity (Wildman–Crippen MR) is 119 cm³/mol. The molecule has 1 aliphatic rings. The molecule has 1 saturated heterocycles. The molecule has 31 heavy (non-hydrogen) atoms. The average Bonchev–Trinajstić information content (AvgIpc) is 3.48. The largest absolute Gasteiger partial charge is 0.390 e. The lowest BCUT2D eigenvalue weighted by atomic mass is 9.90. The standard InChI is InChI=1S/C24H23FN4OS/c25-19-10-8-17(9-11-19)21-15-29(27-26-21)23-13-22(18-5-2-1-3-6-18)28(16-24(23)30)14-20-7-4-12-31-20/h1-12,15,22-24,30H,13-14,16H2/t22-,23+,24+/m1/s1. The van der Waals surface area contributed by atoms with Crippen LogP contribution in [0, 0.1) is 5.82 Å². The second kappa shape index (κ2) is 8.70. The second-order valence-corrected chi connectivity index (χ2v) is 8.93. The molecule has 7 heteroatoms. The van der Waals surface area contributed by atoms with Gasteiger partial charge in [-0.15, -0.1) is 16.4 Å². The fourth-order valence-electron chi connectivity index (χ4n) is 4.30. The Morgan fingerprint density at radius 2 is 1.84 bits per heavy atom. The summed E-state index contributed by atoms with van der Waals surface area (Å²) in [6.07, 6.45) is 2.00. The van der Waals surface area contributed by atoms with E-state index in [4.69, 9.17) is 0 Å². The molecule has 1 fully saturated rings. The number of hydrogen-bond donors (Lipinski definition) is 1. The van der Waals surface area contributed by atoms with Crippen molar-refractivity contribution >= 4 is 11.3 Å². The number of β-amino-alcohol motifs (C(OH)–C–C–N with tert-alkyl or cyclic N) is 1. The van der Waals surface area contributed by atoms with Gasteiger partial charge in [-0.25, -0.2) is 9.07 Å². The smallest absolute Gasteiger partial charge is 0.123 e. The molecule has 1 N–H and O–H groups in total. The van der Waals surface area contributed by atoms with Gasteiger partial charge in [0.25, 0.3) is 0 Å². The van der Waals surface area contributed by atoms with Crippen LogP contribution in [0.4, 0.5) is 4.39 Å². The number of halogens is 1. The van der Waals surface area contributed by atoms with Gasteiger partial charge in [-0.2, -0.15) is 0 Å². The number of likely N-dealkylation sites (tertiary alicyclic amines) is 1. The van der Waals surface area contributed by atoms with E-state index in [0.717, 1.165) is 18.5 Å². The Bertz CT molecular complexity index is 1110. The fourth-order valence-corrected chi connectivity index (χ4v) is 5.03. The third-order valence-electron chi connectivity index (χ3n) is 5.88. The molecule has 5 nitrogen and oxygen atoms in total. The summed E-state index contributed by atoms with van der Waals surface area (Å²) >= 11 is 1.74. The van der Waals surface area contributed by atoms with Gasteiger partial charge in [0.05, 0.1) is 18.3 Å². The van der Waals surface area contributed by atoms with Crippen LogP contribution in [0.15, 0.2) is 78.3 Å². The Kier molecular flexibility index (Phi) is 5.63. The maximum absolute atomic E-state index is 13.2. The van der Waals surface area contributed by atoms with Gasteiger partial charge in [0, 0.05) is 29.6 Å². The lowest BCUT2D eigenvalue weighted by molar-refractivity contribution is -0.0131. The van der Waals surface area contributed by atoms with E-state index < -0.39 is 6.10 Å². The van der Waals surface area contributed by atoms with Gasteiger partial charge in [0.2, 0.25) is 0 Å². The summed E-state index contributed by atoms with van der Waals surface area (Å²) < 4.78 is 15.0. The van der Waals surface area contributed by atoms with Crippen molar-refractivity contribution in [1.82, 2.24) is 19.9 Å². The highest BCUT2D eigenvalue weighted by Crippen LogP contribution is 2.38. The average molecular weight is 435 g/mol. The summed E-state index contributed by atoms with van der Waals surface area (Å²) in [5.74, 6) is -0.282. The van der Waals surface area contributed by atoms with Gasteiger partial charge in [0.1, 0.15) is 11.5 Å². The third kappa shape index (κ3) is 4.30. The van der Waals surface area contributed by atoms with Gasteiger partial charge in [-0.05, 0) is 47.7 Å². The number of rotatable bonds is 5. The highest BCUT2D eigenvalue weighted by molar-refractivity contribution is 7.09. The number of hydrogen-bond acceptors (Lipinski definition) is 5. The molecule has 4 aromatic rings. The van der Waals surface area contributed by atoms with Crippen molar-refractivity contribution in [2.75, 3.05) is 6.54 Å². The SMILES string of the molecule is O[C@H]1CN(Cc2cccs2)[C@@H](c2ccccc2)C[C@@H]1n1cc(-c2ccc(F)cc2)nn1. The molecule has 2 aromatic carbocycles. The molecule has 1 aliphatic heterocycles.